The largest absolute Gasteiger partial charge is 0.493 e. The lowest BCUT2D eigenvalue weighted by Crippen LogP contribution is -2.80. The number of ether oxygens (including phenoxy) is 6. The Hall–Kier alpha value is -1.42. The minimum absolute atomic E-state index is 0.0309. The van der Waals surface area contributed by atoms with Crippen LogP contribution in [0.4, 0.5) is 0 Å². The monoisotopic (exact) mass is 513 g/mol. The minimum Gasteiger partial charge on any atom is -0.493 e. The van der Waals surface area contributed by atoms with Crippen LogP contribution in [0.1, 0.15) is 56.1 Å². The Kier molecular flexibility index (Phi) is 4.96. The van der Waals surface area contributed by atoms with Crippen molar-refractivity contribution >= 4 is 0 Å². The molecule has 1 N–H and O–H groups in total. The van der Waals surface area contributed by atoms with Crippen molar-refractivity contribution < 1.29 is 33.5 Å². The van der Waals surface area contributed by atoms with Gasteiger partial charge in [0.25, 0.3) is 0 Å². The van der Waals surface area contributed by atoms with Gasteiger partial charge >= 0.3 is 0 Å². The molecule has 0 aromatic heterocycles. The van der Waals surface area contributed by atoms with Crippen LogP contribution in [-0.4, -0.2) is 86.5 Å². The number of likely N-dealkylation sites (N-methyl/N-ethyl adjacent to an activating group) is 1. The van der Waals surface area contributed by atoms with Crippen LogP contribution in [-0.2, 0) is 30.8 Å². The van der Waals surface area contributed by atoms with Crippen LogP contribution in [0, 0.1) is 11.8 Å². The van der Waals surface area contributed by atoms with Crippen molar-refractivity contribution in [2.75, 3.05) is 47.1 Å². The Morgan fingerprint density at radius 3 is 2.41 bits per heavy atom. The lowest BCUT2D eigenvalue weighted by molar-refractivity contribution is -0.418. The molecule has 8 heteroatoms. The average Bonchev–Trinajstić information content (AvgIpc) is 3.18. The van der Waals surface area contributed by atoms with Gasteiger partial charge in [-0.25, -0.2) is 0 Å². The van der Waals surface area contributed by atoms with Crippen LogP contribution in [0.25, 0.3) is 0 Å². The van der Waals surface area contributed by atoms with Crippen molar-refractivity contribution in [1.29, 1.82) is 0 Å². The second kappa shape index (κ2) is 7.83. The summed E-state index contributed by atoms with van der Waals surface area (Å²) in [5, 5.41) is 12.5. The number of aliphatic hydroxyl groups is 1. The van der Waals surface area contributed by atoms with E-state index < -0.39 is 28.7 Å². The molecule has 1 aromatic rings. The molecule has 2 saturated carbocycles. The fourth-order valence-corrected chi connectivity index (χ4v) is 9.15. The first-order valence-electron chi connectivity index (χ1n) is 14.3. The highest BCUT2D eigenvalue weighted by Gasteiger charge is 2.77. The Bertz CT molecular complexity index is 1080. The van der Waals surface area contributed by atoms with Gasteiger partial charge in [0.05, 0.1) is 31.3 Å². The van der Waals surface area contributed by atoms with E-state index in [1.54, 1.807) is 7.11 Å². The number of fused-ring (bicyclic) bond motifs is 2. The number of piperidine rings is 1. The maximum Gasteiger partial charge on any atom is 0.216 e. The summed E-state index contributed by atoms with van der Waals surface area (Å²) in [4.78, 5) is 2.33. The van der Waals surface area contributed by atoms with Crippen molar-refractivity contribution in [3.8, 4) is 11.5 Å². The quantitative estimate of drug-likeness (QED) is 0.614. The summed E-state index contributed by atoms with van der Waals surface area (Å²) in [7, 11) is 3.81. The van der Waals surface area contributed by atoms with Gasteiger partial charge in [-0.1, -0.05) is 18.9 Å². The molecule has 8 rings (SSSR count). The fraction of sp³-hybridized carbons (Fsp3) is 0.793. The van der Waals surface area contributed by atoms with E-state index in [4.69, 9.17) is 28.4 Å². The Morgan fingerprint density at radius 2 is 1.70 bits per heavy atom. The molecule has 2 bridgehead atoms. The van der Waals surface area contributed by atoms with Crippen LogP contribution in [0.2, 0.25) is 0 Å². The Morgan fingerprint density at radius 1 is 0.973 bits per heavy atom. The highest BCUT2D eigenvalue weighted by molar-refractivity contribution is 5.63. The zero-order valence-corrected chi connectivity index (χ0v) is 22.0. The topological polar surface area (TPSA) is 78.9 Å². The van der Waals surface area contributed by atoms with Crippen LogP contribution < -0.4 is 9.47 Å². The lowest BCUT2D eigenvalue weighted by atomic mass is 9.48. The molecule has 3 spiro atoms. The van der Waals surface area contributed by atoms with E-state index in [9.17, 15) is 5.11 Å². The van der Waals surface area contributed by atoms with Gasteiger partial charge < -0.3 is 38.4 Å². The number of hydrogen-bond donors (Lipinski definition) is 1. The van der Waals surface area contributed by atoms with Gasteiger partial charge in [0.15, 0.2) is 17.6 Å². The third-order valence-corrected chi connectivity index (χ3v) is 11.2. The summed E-state index contributed by atoms with van der Waals surface area (Å²) in [5.41, 5.74) is 0.820. The number of benzene rings is 1. The number of nitrogens with zero attached hydrogens (tertiary/aromatic N) is 1. The molecule has 4 heterocycles. The second-order valence-corrected chi connectivity index (χ2v) is 12.7. The number of likely N-dealkylation sites (tertiary alicyclic amines) is 1. The average molecular weight is 514 g/mol. The summed E-state index contributed by atoms with van der Waals surface area (Å²) in [6.07, 6.45) is 7.26. The van der Waals surface area contributed by atoms with Crippen molar-refractivity contribution in [2.24, 2.45) is 11.8 Å². The van der Waals surface area contributed by atoms with E-state index in [1.807, 2.05) is 6.07 Å². The van der Waals surface area contributed by atoms with Crippen molar-refractivity contribution in [3.05, 3.63) is 23.3 Å². The molecule has 0 radical (unpaired) electrons. The van der Waals surface area contributed by atoms with E-state index in [1.165, 1.54) is 31.2 Å². The van der Waals surface area contributed by atoms with E-state index >= 15 is 0 Å². The van der Waals surface area contributed by atoms with Gasteiger partial charge in [-0.3, -0.25) is 0 Å². The Labute approximate surface area is 218 Å². The predicted octanol–water partition coefficient (Wildman–Crippen LogP) is 2.77. The van der Waals surface area contributed by atoms with Gasteiger partial charge in [0, 0.05) is 18.0 Å². The molecule has 4 aliphatic heterocycles. The first kappa shape index (κ1) is 23.5. The predicted molar refractivity (Wildman–Crippen MR) is 133 cm³/mol. The molecular formula is C29H39NO7. The van der Waals surface area contributed by atoms with E-state index in [0.717, 1.165) is 30.7 Å². The molecule has 8 nitrogen and oxygen atoms in total. The van der Waals surface area contributed by atoms with E-state index in [0.29, 0.717) is 56.9 Å². The molecule has 7 aliphatic rings. The van der Waals surface area contributed by atoms with E-state index in [2.05, 4.69) is 18.0 Å². The summed E-state index contributed by atoms with van der Waals surface area (Å²) < 4.78 is 38.9. The minimum atomic E-state index is -0.970. The molecule has 6 atom stereocenters. The van der Waals surface area contributed by atoms with Crippen LogP contribution in [0.15, 0.2) is 12.1 Å². The fourth-order valence-electron chi connectivity index (χ4n) is 9.15. The molecule has 3 unspecified atom stereocenters. The van der Waals surface area contributed by atoms with Crippen molar-refractivity contribution in [2.45, 2.75) is 86.1 Å². The summed E-state index contributed by atoms with van der Waals surface area (Å²) in [6, 6.07) is 4.19. The van der Waals surface area contributed by atoms with Crippen molar-refractivity contribution in [1.82, 2.24) is 4.90 Å². The third-order valence-electron chi connectivity index (χ3n) is 11.2. The van der Waals surface area contributed by atoms with Gasteiger partial charge in [-0.2, -0.15) is 0 Å². The second-order valence-electron chi connectivity index (χ2n) is 12.7. The molecule has 1 aromatic carbocycles. The smallest absolute Gasteiger partial charge is 0.216 e. The molecule has 202 valence electrons. The molecule has 3 aliphatic carbocycles. The highest BCUT2D eigenvalue weighted by atomic mass is 16.8. The molecule has 5 fully saturated rings. The number of rotatable bonds is 1. The maximum absolute atomic E-state index is 12.5. The van der Waals surface area contributed by atoms with Gasteiger partial charge in [0.1, 0.15) is 13.2 Å². The molecule has 3 saturated heterocycles. The normalized spacial score (nSPS) is 48.2. The number of hydrogen-bond acceptors (Lipinski definition) is 8. The van der Waals surface area contributed by atoms with Crippen LogP contribution in [0.3, 0.4) is 0 Å². The zero-order valence-electron chi connectivity index (χ0n) is 22.0. The Balaban J connectivity index is 1.15. The summed E-state index contributed by atoms with van der Waals surface area (Å²) in [6.45, 7) is 2.91. The standard InChI is InChI=1S/C29H39NO7/c1-30-12-11-27-23-18-7-8-21(32-2)24(23)37-25(27)29(10-9-28(27,31)22(30)13-18)35-16-26(17-36-29)33-14-19-5-3-4-6-20(19)15-34-26/h7-8,19-20,22,25,31H,3-6,9-17H2,1-2H3/t19?,20?,22-,25-,26?,27+,28?,29?/m1/s1. The maximum atomic E-state index is 12.5. The first-order chi connectivity index (χ1) is 17.9. The molecular weight excluding hydrogens is 474 g/mol. The molecule has 0 amide bonds. The van der Waals surface area contributed by atoms with Crippen molar-refractivity contribution in [3.63, 3.8) is 0 Å². The summed E-state index contributed by atoms with van der Waals surface area (Å²) >= 11 is 0. The molecule has 37 heavy (non-hydrogen) atoms. The van der Waals surface area contributed by atoms with Gasteiger partial charge in [-0.15, -0.1) is 0 Å². The van der Waals surface area contributed by atoms with E-state index in [-0.39, 0.29) is 6.04 Å². The number of methoxy groups -OCH3 is 1. The van der Waals surface area contributed by atoms with Crippen LogP contribution in [0.5, 0.6) is 11.5 Å². The third kappa shape index (κ3) is 2.90. The summed E-state index contributed by atoms with van der Waals surface area (Å²) in [5.74, 6) is 0.745. The lowest BCUT2D eigenvalue weighted by Gasteiger charge is -2.66. The SMILES string of the molecule is COc1ccc2c3c1O[C@H]1C4(CCC5(O)[C@@H](C2)N(C)CC[C@]315)OCC1(CO4)OCC2CCCCC2CO1. The van der Waals surface area contributed by atoms with Gasteiger partial charge in [0.2, 0.25) is 11.6 Å². The van der Waals surface area contributed by atoms with Gasteiger partial charge in [-0.05, 0) is 69.2 Å². The highest BCUT2D eigenvalue weighted by Crippen LogP contribution is 2.68. The van der Waals surface area contributed by atoms with Crippen LogP contribution >= 0.6 is 0 Å². The first-order valence-corrected chi connectivity index (χ1v) is 14.3. The zero-order chi connectivity index (χ0) is 25.0.